The Labute approximate surface area is 155 Å². The molecule has 3 rings (SSSR count). The minimum absolute atomic E-state index is 0. The van der Waals surface area contributed by atoms with Gasteiger partial charge < -0.3 is 5.32 Å². The molecule has 10 heteroatoms. The molecule has 7 nitrogen and oxygen atoms in total. The van der Waals surface area contributed by atoms with Gasteiger partial charge in [-0.05, 0) is 37.9 Å². The Hall–Kier alpha value is -0.710. The molecular formula is C15H24ClN3O4S2. The van der Waals surface area contributed by atoms with Gasteiger partial charge in [0.2, 0.25) is 20.0 Å². The van der Waals surface area contributed by atoms with E-state index in [2.05, 4.69) is 5.32 Å². The molecule has 2 heterocycles. The maximum Gasteiger partial charge on any atom is 0.244 e. The van der Waals surface area contributed by atoms with Crippen LogP contribution in [0.4, 0.5) is 0 Å². The van der Waals surface area contributed by atoms with Crippen LogP contribution in [0.3, 0.4) is 0 Å². The fourth-order valence-corrected chi connectivity index (χ4v) is 6.92. The number of rotatable bonds is 5. The lowest BCUT2D eigenvalue weighted by atomic mass is 10.3. The number of likely N-dealkylation sites (N-methyl/N-ethyl adjacent to an activating group) is 1. The van der Waals surface area contributed by atoms with Gasteiger partial charge in [0.25, 0.3) is 0 Å². The number of hydrogen-bond donors (Lipinski definition) is 1. The van der Waals surface area contributed by atoms with Crippen molar-refractivity contribution in [1.29, 1.82) is 0 Å². The average Bonchev–Trinajstić information content (AvgIpc) is 3.27. The monoisotopic (exact) mass is 409 g/mol. The van der Waals surface area contributed by atoms with Crippen molar-refractivity contribution in [2.45, 2.75) is 35.1 Å². The molecule has 2 aliphatic heterocycles. The van der Waals surface area contributed by atoms with Crippen LogP contribution in [0, 0.1) is 0 Å². The molecule has 0 aliphatic carbocycles. The smallest absolute Gasteiger partial charge is 0.244 e. The normalized spacial score (nSPS) is 22.2. The lowest BCUT2D eigenvalue weighted by molar-refractivity contribution is 0.386. The van der Waals surface area contributed by atoms with E-state index in [1.807, 2.05) is 0 Å². The maximum atomic E-state index is 13.0. The first-order valence-electron chi connectivity index (χ1n) is 8.13. The van der Waals surface area contributed by atoms with Gasteiger partial charge in [0.05, 0.1) is 0 Å². The van der Waals surface area contributed by atoms with E-state index in [1.54, 1.807) is 12.1 Å². The Morgan fingerprint density at radius 2 is 1.68 bits per heavy atom. The van der Waals surface area contributed by atoms with Gasteiger partial charge >= 0.3 is 0 Å². The third-order valence-electron chi connectivity index (χ3n) is 4.74. The molecule has 1 atom stereocenters. The van der Waals surface area contributed by atoms with Crippen LogP contribution in [0.1, 0.15) is 19.3 Å². The largest absolute Gasteiger partial charge is 0.315 e. The first-order valence-corrected chi connectivity index (χ1v) is 11.0. The Morgan fingerprint density at radius 1 is 1.08 bits per heavy atom. The quantitative estimate of drug-likeness (QED) is 0.779. The zero-order valence-electron chi connectivity index (χ0n) is 14.1. The molecule has 1 N–H and O–H groups in total. The van der Waals surface area contributed by atoms with Crippen molar-refractivity contribution in [2.24, 2.45) is 0 Å². The summed E-state index contributed by atoms with van der Waals surface area (Å²) in [5.74, 6) is 0. The van der Waals surface area contributed by atoms with Crippen LogP contribution < -0.4 is 5.32 Å². The van der Waals surface area contributed by atoms with E-state index < -0.39 is 20.0 Å². The van der Waals surface area contributed by atoms with E-state index in [4.69, 9.17) is 0 Å². The molecule has 1 aromatic carbocycles. The molecule has 1 aromatic rings. The van der Waals surface area contributed by atoms with Gasteiger partial charge in [-0.2, -0.15) is 8.61 Å². The van der Waals surface area contributed by atoms with Crippen molar-refractivity contribution in [3.05, 3.63) is 24.3 Å². The molecule has 0 radical (unpaired) electrons. The predicted octanol–water partition coefficient (Wildman–Crippen LogP) is 0.875. The summed E-state index contributed by atoms with van der Waals surface area (Å²) in [5.41, 5.74) is 0. The second-order valence-corrected chi connectivity index (χ2v) is 10.1. The lowest BCUT2D eigenvalue weighted by Gasteiger charge is -2.25. The Kier molecular flexibility index (Phi) is 6.50. The average molecular weight is 410 g/mol. The summed E-state index contributed by atoms with van der Waals surface area (Å²) in [7, 11) is -6.16. The fourth-order valence-electron chi connectivity index (χ4n) is 3.25. The second kappa shape index (κ2) is 7.89. The number of benzene rings is 1. The summed E-state index contributed by atoms with van der Waals surface area (Å²) >= 11 is 0. The van der Waals surface area contributed by atoms with Crippen molar-refractivity contribution in [3.63, 3.8) is 0 Å². The molecule has 0 amide bonds. The number of sulfonamides is 2. The summed E-state index contributed by atoms with van der Waals surface area (Å²) in [5, 5.41) is 3.13. The van der Waals surface area contributed by atoms with Gasteiger partial charge in [0.15, 0.2) is 0 Å². The van der Waals surface area contributed by atoms with Gasteiger partial charge in [-0.25, -0.2) is 16.8 Å². The zero-order chi connectivity index (χ0) is 17.4. The van der Waals surface area contributed by atoms with Crippen LogP contribution in [0.15, 0.2) is 34.1 Å². The van der Waals surface area contributed by atoms with E-state index >= 15 is 0 Å². The molecule has 0 aromatic heterocycles. The number of halogens is 1. The van der Waals surface area contributed by atoms with Gasteiger partial charge in [-0.15, -0.1) is 12.4 Å². The molecule has 0 saturated carbocycles. The summed E-state index contributed by atoms with van der Waals surface area (Å²) in [6.07, 6.45) is 2.33. The first kappa shape index (κ1) is 20.6. The van der Waals surface area contributed by atoms with E-state index in [-0.39, 0.29) is 28.2 Å². The second-order valence-electron chi connectivity index (χ2n) is 6.23. The van der Waals surface area contributed by atoms with E-state index in [1.165, 1.54) is 27.8 Å². The minimum Gasteiger partial charge on any atom is -0.315 e. The van der Waals surface area contributed by atoms with Crippen molar-refractivity contribution in [2.75, 3.05) is 33.2 Å². The van der Waals surface area contributed by atoms with Crippen molar-refractivity contribution >= 4 is 32.5 Å². The third kappa shape index (κ3) is 3.86. The summed E-state index contributed by atoms with van der Waals surface area (Å²) in [6, 6.07) is 5.76. The van der Waals surface area contributed by atoms with Crippen LogP contribution in [-0.2, 0) is 20.0 Å². The van der Waals surface area contributed by atoms with Crippen molar-refractivity contribution in [3.8, 4) is 0 Å². The van der Waals surface area contributed by atoms with Crippen molar-refractivity contribution in [1.82, 2.24) is 13.9 Å². The fraction of sp³-hybridized carbons (Fsp3) is 0.600. The van der Waals surface area contributed by atoms with Crippen LogP contribution in [0.5, 0.6) is 0 Å². The molecule has 25 heavy (non-hydrogen) atoms. The molecule has 2 aliphatic rings. The molecular weight excluding hydrogens is 386 g/mol. The minimum atomic E-state index is -3.88. The predicted molar refractivity (Wildman–Crippen MR) is 97.9 cm³/mol. The van der Waals surface area contributed by atoms with Crippen LogP contribution in [-0.4, -0.2) is 64.7 Å². The highest BCUT2D eigenvalue weighted by Crippen LogP contribution is 2.29. The number of nitrogens with zero attached hydrogens (tertiary/aromatic N) is 2. The lowest BCUT2D eigenvalue weighted by Crippen LogP contribution is -2.39. The van der Waals surface area contributed by atoms with Crippen molar-refractivity contribution < 1.29 is 16.8 Å². The highest BCUT2D eigenvalue weighted by molar-refractivity contribution is 7.92. The SMILES string of the molecule is CN(C1CCNC1)S(=O)(=O)c1ccccc1S(=O)(=O)N1CCCC1.Cl. The molecule has 2 fully saturated rings. The molecule has 142 valence electrons. The zero-order valence-corrected chi connectivity index (χ0v) is 16.5. The third-order valence-corrected chi connectivity index (χ3v) is 8.79. The van der Waals surface area contributed by atoms with E-state index in [9.17, 15) is 16.8 Å². The van der Waals surface area contributed by atoms with E-state index in [0.29, 0.717) is 19.6 Å². The van der Waals surface area contributed by atoms with Crippen LogP contribution >= 0.6 is 12.4 Å². The Bertz CT molecular complexity index is 802. The highest BCUT2D eigenvalue weighted by atomic mass is 35.5. The highest BCUT2D eigenvalue weighted by Gasteiger charge is 2.36. The van der Waals surface area contributed by atoms with Gasteiger partial charge in [0, 0.05) is 32.7 Å². The topological polar surface area (TPSA) is 86.8 Å². The Balaban J connectivity index is 0.00000225. The summed E-state index contributed by atoms with van der Waals surface area (Å²) in [4.78, 5) is -0.254. The number of nitrogens with one attached hydrogen (secondary N) is 1. The molecule has 0 spiro atoms. The summed E-state index contributed by atoms with van der Waals surface area (Å²) in [6.45, 7) is 2.23. The molecule has 2 saturated heterocycles. The maximum absolute atomic E-state index is 13.0. The van der Waals surface area contributed by atoms with Gasteiger partial charge in [-0.1, -0.05) is 12.1 Å². The van der Waals surface area contributed by atoms with E-state index in [0.717, 1.165) is 25.8 Å². The summed E-state index contributed by atoms with van der Waals surface area (Å²) < 4.78 is 54.5. The molecule has 1 unspecified atom stereocenters. The van der Waals surface area contributed by atoms with Gasteiger partial charge in [-0.3, -0.25) is 0 Å². The number of hydrogen-bond acceptors (Lipinski definition) is 5. The van der Waals surface area contributed by atoms with Gasteiger partial charge in [0.1, 0.15) is 9.79 Å². The van der Waals surface area contributed by atoms with Crippen LogP contribution in [0.2, 0.25) is 0 Å². The Morgan fingerprint density at radius 3 is 2.24 bits per heavy atom. The standard InChI is InChI=1S/C15H23N3O4S2.ClH/c1-17(13-8-9-16-12-13)23(19,20)14-6-2-3-7-15(14)24(21,22)18-10-4-5-11-18;/h2-3,6-7,13,16H,4-5,8-12H2,1H3;1H. The first-order chi connectivity index (χ1) is 11.3. The van der Waals surface area contributed by atoms with Crippen LogP contribution in [0.25, 0.3) is 0 Å². The molecule has 0 bridgehead atoms.